The fraction of sp³-hybridized carbons (Fsp3) is 0.250. The summed E-state index contributed by atoms with van der Waals surface area (Å²) in [5, 5.41) is 2.72. The monoisotopic (exact) mass is 255 g/mol. The van der Waals surface area contributed by atoms with Crippen LogP contribution >= 0.6 is 0 Å². The maximum absolute atomic E-state index is 13.3. The van der Waals surface area contributed by atoms with Crippen LogP contribution < -0.4 is 5.32 Å². The van der Waals surface area contributed by atoms with Crippen molar-refractivity contribution in [1.82, 2.24) is 9.55 Å². The number of hydrogen-bond acceptors (Lipinski definition) is 2. The number of nitrogens with one attached hydrogen (secondary N) is 1. The maximum atomic E-state index is 13.3. The fourth-order valence-corrected chi connectivity index (χ4v) is 1.62. The molecule has 1 heterocycles. The third-order valence-corrected chi connectivity index (χ3v) is 2.61. The number of anilines is 1. The highest BCUT2D eigenvalue weighted by Crippen LogP contribution is 2.19. The first-order chi connectivity index (χ1) is 8.61. The molecule has 96 valence electrons. The Hall–Kier alpha value is -1.98. The van der Waals surface area contributed by atoms with E-state index in [9.17, 15) is 13.2 Å². The lowest BCUT2D eigenvalue weighted by atomic mass is 10.2. The highest BCUT2D eigenvalue weighted by molar-refractivity contribution is 5.45. The van der Waals surface area contributed by atoms with Gasteiger partial charge in [-0.1, -0.05) is 0 Å². The van der Waals surface area contributed by atoms with Crippen LogP contribution in [0.25, 0.3) is 0 Å². The Labute approximate surface area is 102 Å². The molecule has 1 N–H and O–H groups in total. The number of rotatable bonds is 4. The van der Waals surface area contributed by atoms with Crippen LogP contribution in [0.3, 0.4) is 0 Å². The summed E-state index contributed by atoms with van der Waals surface area (Å²) in [5.41, 5.74) is 0.763. The Kier molecular flexibility index (Phi) is 3.55. The topological polar surface area (TPSA) is 29.9 Å². The van der Waals surface area contributed by atoms with E-state index in [0.717, 1.165) is 18.3 Å². The number of aryl methyl sites for hydroxylation is 1. The summed E-state index contributed by atoms with van der Waals surface area (Å²) in [6.45, 7) is 2.97. The molecule has 0 unspecified atom stereocenters. The largest absolute Gasteiger partial charge is 0.377 e. The van der Waals surface area contributed by atoms with Gasteiger partial charge in [-0.2, -0.15) is 0 Å². The molecule has 1 aromatic heterocycles. The second-order valence-corrected chi connectivity index (χ2v) is 3.77. The fourth-order valence-electron chi connectivity index (χ4n) is 1.62. The summed E-state index contributed by atoms with van der Waals surface area (Å²) >= 11 is 0. The highest BCUT2D eigenvalue weighted by Gasteiger charge is 2.10. The molecule has 0 bridgehead atoms. The van der Waals surface area contributed by atoms with E-state index in [1.54, 1.807) is 12.5 Å². The maximum Gasteiger partial charge on any atom is 0.161 e. The van der Waals surface area contributed by atoms with Gasteiger partial charge in [-0.05, 0) is 6.92 Å². The summed E-state index contributed by atoms with van der Waals surface area (Å²) in [6.07, 6.45) is 3.28. The smallest absolute Gasteiger partial charge is 0.161 e. The minimum atomic E-state index is -1.20. The zero-order valence-electron chi connectivity index (χ0n) is 9.75. The van der Waals surface area contributed by atoms with Gasteiger partial charge in [0.25, 0.3) is 0 Å². The van der Waals surface area contributed by atoms with Crippen molar-refractivity contribution in [2.45, 2.75) is 20.0 Å². The number of hydrogen-bond donors (Lipinski definition) is 1. The number of nitrogens with zero attached hydrogens (tertiary/aromatic N) is 2. The van der Waals surface area contributed by atoms with Crippen molar-refractivity contribution in [2.75, 3.05) is 5.32 Å². The predicted octanol–water partition coefficient (Wildman–Crippen LogP) is 2.93. The molecule has 0 aliphatic rings. The lowest BCUT2D eigenvalue weighted by Gasteiger charge is -2.09. The van der Waals surface area contributed by atoms with Gasteiger partial charge in [0.15, 0.2) is 11.6 Å². The van der Waals surface area contributed by atoms with Crippen LogP contribution in [0.2, 0.25) is 0 Å². The molecule has 3 nitrogen and oxygen atoms in total. The van der Waals surface area contributed by atoms with Crippen molar-refractivity contribution < 1.29 is 13.2 Å². The molecular weight excluding hydrogens is 243 g/mol. The summed E-state index contributed by atoms with van der Waals surface area (Å²) in [7, 11) is 0. The molecule has 0 amide bonds. The van der Waals surface area contributed by atoms with Crippen molar-refractivity contribution in [3.63, 3.8) is 0 Å². The van der Waals surface area contributed by atoms with E-state index >= 15 is 0 Å². The first-order valence-electron chi connectivity index (χ1n) is 5.49. The molecular formula is C12H12F3N3. The molecule has 2 rings (SSSR count). The summed E-state index contributed by atoms with van der Waals surface area (Å²) < 4.78 is 40.9. The minimum Gasteiger partial charge on any atom is -0.377 e. The molecule has 6 heteroatoms. The zero-order chi connectivity index (χ0) is 13.1. The molecule has 1 aromatic carbocycles. The van der Waals surface area contributed by atoms with E-state index in [0.29, 0.717) is 6.07 Å². The molecule has 0 saturated carbocycles. The molecule has 0 radical (unpaired) electrons. The quantitative estimate of drug-likeness (QED) is 0.851. The van der Waals surface area contributed by atoms with Gasteiger partial charge >= 0.3 is 0 Å². The third kappa shape index (κ3) is 2.47. The van der Waals surface area contributed by atoms with Crippen molar-refractivity contribution >= 4 is 5.69 Å². The second kappa shape index (κ2) is 5.12. The van der Waals surface area contributed by atoms with Crippen molar-refractivity contribution in [1.29, 1.82) is 0 Å². The van der Waals surface area contributed by atoms with Gasteiger partial charge in [0, 0.05) is 24.9 Å². The Morgan fingerprint density at radius 2 is 1.89 bits per heavy atom. The van der Waals surface area contributed by atoms with Crippen LogP contribution in [0.15, 0.2) is 24.7 Å². The van der Waals surface area contributed by atoms with Crippen LogP contribution in [0.4, 0.5) is 18.9 Å². The van der Waals surface area contributed by atoms with Crippen LogP contribution in [0, 0.1) is 17.5 Å². The van der Waals surface area contributed by atoms with Crippen LogP contribution in [-0.2, 0) is 13.1 Å². The van der Waals surface area contributed by atoms with Crippen LogP contribution in [0.5, 0.6) is 0 Å². The zero-order valence-corrected chi connectivity index (χ0v) is 9.75. The van der Waals surface area contributed by atoms with E-state index in [-0.39, 0.29) is 12.2 Å². The average molecular weight is 255 g/mol. The van der Waals surface area contributed by atoms with Gasteiger partial charge in [0.2, 0.25) is 0 Å². The van der Waals surface area contributed by atoms with E-state index in [2.05, 4.69) is 10.3 Å². The van der Waals surface area contributed by atoms with Gasteiger partial charge in [-0.3, -0.25) is 0 Å². The normalized spacial score (nSPS) is 10.7. The molecule has 0 aliphatic carbocycles. The molecule has 2 aromatic rings. The SMILES string of the molecule is CCn1cncc1CNc1cc(F)c(F)cc1F. The number of benzene rings is 1. The average Bonchev–Trinajstić information content (AvgIpc) is 2.79. The molecule has 0 atom stereocenters. The molecule has 0 aliphatic heterocycles. The Balaban J connectivity index is 2.13. The molecule has 0 fully saturated rings. The highest BCUT2D eigenvalue weighted by atomic mass is 19.2. The Bertz CT molecular complexity index is 551. The molecule has 0 saturated heterocycles. The van der Waals surface area contributed by atoms with E-state index < -0.39 is 17.5 Å². The van der Waals surface area contributed by atoms with E-state index in [1.165, 1.54) is 0 Å². The lowest BCUT2D eigenvalue weighted by Crippen LogP contribution is -2.07. The number of halogens is 3. The number of imidazole rings is 1. The van der Waals surface area contributed by atoms with Gasteiger partial charge in [-0.15, -0.1) is 0 Å². The van der Waals surface area contributed by atoms with Gasteiger partial charge < -0.3 is 9.88 Å². The second-order valence-electron chi connectivity index (χ2n) is 3.77. The summed E-state index contributed by atoms with van der Waals surface area (Å²) in [6, 6.07) is 1.33. The molecule has 18 heavy (non-hydrogen) atoms. The van der Waals surface area contributed by atoms with Gasteiger partial charge in [0.05, 0.1) is 24.3 Å². The van der Waals surface area contributed by atoms with Gasteiger partial charge in [-0.25, -0.2) is 18.2 Å². The van der Waals surface area contributed by atoms with Crippen molar-refractivity contribution in [3.8, 4) is 0 Å². The molecule has 0 spiro atoms. The summed E-state index contributed by atoms with van der Waals surface area (Å²) in [4.78, 5) is 3.95. The third-order valence-electron chi connectivity index (χ3n) is 2.61. The van der Waals surface area contributed by atoms with E-state index in [4.69, 9.17) is 0 Å². The van der Waals surface area contributed by atoms with Crippen molar-refractivity contribution in [3.05, 3.63) is 47.8 Å². The van der Waals surface area contributed by atoms with E-state index in [1.807, 2.05) is 11.5 Å². The minimum absolute atomic E-state index is 0.0715. The standard InChI is InChI=1S/C12H12F3N3/c1-2-18-7-16-5-8(18)6-17-12-4-10(14)9(13)3-11(12)15/h3-5,7,17H,2,6H2,1H3. The predicted molar refractivity (Wildman–Crippen MR) is 61.5 cm³/mol. The first-order valence-corrected chi connectivity index (χ1v) is 5.49. The Morgan fingerprint density at radius 1 is 1.17 bits per heavy atom. The summed E-state index contributed by atoms with van der Waals surface area (Å²) in [5.74, 6) is -3.10. The van der Waals surface area contributed by atoms with Crippen LogP contribution in [-0.4, -0.2) is 9.55 Å². The lowest BCUT2D eigenvalue weighted by molar-refractivity contribution is 0.496. The van der Waals surface area contributed by atoms with Crippen molar-refractivity contribution in [2.24, 2.45) is 0 Å². The first kappa shape index (κ1) is 12.5. The number of aromatic nitrogens is 2. The van der Waals surface area contributed by atoms with Crippen LogP contribution in [0.1, 0.15) is 12.6 Å². The Morgan fingerprint density at radius 3 is 2.61 bits per heavy atom. The van der Waals surface area contributed by atoms with Gasteiger partial charge in [0.1, 0.15) is 5.82 Å².